The summed E-state index contributed by atoms with van der Waals surface area (Å²) in [4.78, 5) is 13.4. The third-order valence-electron chi connectivity index (χ3n) is 4.05. The van der Waals surface area contributed by atoms with Gasteiger partial charge in [0.05, 0.1) is 13.7 Å². The number of esters is 1. The van der Waals surface area contributed by atoms with Crippen molar-refractivity contribution in [1.29, 1.82) is 0 Å². The van der Waals surface area contributed by atoms with Gasteiger partial charge in [0.15, 0.2) is 0 Å². The van der Waals surface area contributed by atoms with Gasteiger partial charge in [0, 0.05) is 5.92 Å². The van der Waals surface area contributed by atoms with Gasteiger partial charge in [-0.05, 0) is 38.1 Å². The molecular formula is C15H16F3N3O4. The van der Waals surface area contributed by atoms with Crippen molar-refractivity contribution < 1.29 is 31.5 Å². The lowest BCUT2D eigenvalue weighted by Crippen LogP contribution is -2.32. The Labute approximate surface area is 140 Å². The van der Waals surface area contributed by atoms with Crippen LogP contribution in [0.2, 0.25) is 0 Å². The molecule has 1 saturated heterocycles. The molecule has 136 valence electrons. The lowest BCUT2D eigenvalue weighted by Gasteiger charge is -2.29. The monoisotopic (exact) mass is 359 g/mol. The highest BCUT2D eigenvalue weighted by Gasteiger charge is 2.39. The van der Waals surface area contributed by atoms with E-state index in [-0.39, 0.29) is 17.6 Å². The number of alkyl halides is 3. The number of hydrogen-bond acceptors (Lipinski definition) is 7. The maximum Gasteiger partial charge on any atom is 0.470 e. The van der Waals surface area contributed by atoms with E-state index in [1.54, 1.807) is 12.1 Å². The molecule has 3 rings (SSSR count). The zero-order chi connectivity index (χ0) is 18.0. The summed E-state index contributed by atoms with van der Waals surface area (Å²) in [5, 5.41) is 6.59. The first-order chi connectivity index (χ1) is 11.9. The van der Waals surface area contributed by atoms with Crippen LogP contribution in [-0.4, -0.2) is 41.3 Å². The first-order valence-corrected chi connectivity index (χ1v) is 7.67. The minimum atomic E-state index is -4.62. The van der Waals surface area contributed by atoms with Crippen LogP contribution in [0.3, 0.4) is 0 Å². The van der Waals surface area contributed by atoms with Gasteiger partial charge in [0.25, 0.3) is 0 Å². The first kappa shape index (κ1) is 17.5. The van der Waals surface area contributed by atoms with Gasteiger partial charge in [-0.25, -0.2) is 4.79 Å². The van der Waals surface area contributed by atoms with Crippen molar-refractivity contribution in [3.8, 4) is 0 Å². The van der Waals surface area contributed by atoms with Gasteiger partial charge >= 0.3 is 18.0 Å². The van der Waals surface area contributed by atoms with Crippen molar-refractivity contribution in [2.24, 2.45) is 0 Å². The van der Waals surface area contributed by atoms with Gasteiger partial charge in [0.1, 0.15) is 5.76 Å². The maximum atomic E-state index is 12.5. The Morgan fingerprint density at radius 1 is 1.28 bits per heavy atom. The second-order valence-electron chi connectivity index (χ2n) is 5.75. The standard InChI is InChI=1S/C15H16F3N3O4/c1-23-13(22)11-3-2-10(24-11)8-21-6-4-9(5-7-21)12-19-20-14(25-12)15(16,17)18/h2-3,9H,4-8H2,1H3. The molecule has 10 heteroatoms. The second-order valence-corrected chi connectivity index (χ2v) is 5.75. The number of carbonyl (C=O) groups is 1. The summed E-state index contributed by atoms with van der Waals surface area (Å²) in [6.45, 7) is 1.78. The molecule has 25 heavy (non-hydrogen) atoms. The maximum absolute atomic E-state index is 12.5. The topological polar surface area (TPSA) is 81.6 Å². The van der Waals surface area contributed by atoms with Crippen LogP contribution in [0.1, 0.15) is 46.9 Å². The number of likely N-dealkylation sites (tertiary alicyclic amines) is 1. The van der Waals surface area contributed by atoms with Crippen LogP contribution in [0.5, 0.6) is 0 Å². The average molecular weight is 359 g/mol. The molecule has 0 aromatic carbocycles. The Balaban J connectivity index is 1.54. The quantitative estimate of drug-likeness (QED) is 0.777. The van der Waals surface area contributed by atoms with Crippen molar-refractivity contribution >= 4 is 5.97 Å². The first-order valence-electron chi connectivity index (χ1n) is 7.67. The summed E-state index contributed by atoms with van der Waals surface area (Å²) in [6, 6.07) is 3.25. The summed E-state index contributed by atoms with van der Waals surface area (Å²) in [6.07, 6.45) is -3.42. The van der Waals surface area contributed by atoms with Gasteiger partial charge in [-0.3, -0.25) is 4.90 Å². The van der Waals surface area contributed by atoms with Crippen molar-refractivity contribution in [3.05, 3.63) is 35.4 Å². The van der Waals surface area contributed by atoms with Crippen molar-refractivity contribution in [3.63, 3.8) is 0 Å². The van der Waals surface area contributed by atoms with Crippen LogP contribution >= 0.6 is 0 Å². The Bertz CT molecular complexity index is 732. The molecule has 3 heterocycles. The minimum absolute atomic E-state index is 0.0259. The van der Waals surface area contributed by atoms with E-state index in [1.807, 2.05) is 0 Å². The number of halogens is 3. The molecule has 0 spiro atoms. The summed E-state index contributed by atoms with van der Waals surface area (Å²) in [5.74, 6) is -1.26. The fourth-order valence-electron chi connectivity index (χ4n) is 2.75. The van der Waals surface area contributed by atoms with Gasteiger partial charge in [0.2, 0.25) is 11.7 Å². The molecule has 2 aromatic rings. The van der Waals surface area contributed by atoms with Crippen molar-refractivity contribution in [2.45, 2.75) is 31.5 Å². The van der Waals surface area contributed by atoms with Crippen LogP contribution in [0.25, 0.3) is 0 Å². The van der Waals surface area contributed by atoms with E-state index in [2.05, 4.69) is 19.8 Å². The van der Waals surface area contributed by atoms with Crippen LogP contribution in [0, 0.1) is 0 Å². The predicted octanol–water partition coefficient (Wildman–Crippen LogP) is 2.85. The number of methoxy groups -OCH3 is 1. The van der Waals surface area contributed by atoms with Crippen LogP contribution in [0.4, 0.5) is 13.2 Å². The van der Waals surface area contributed by atoms with E-state index in [9.17, 15) is 18.0 Å². The molecule has 0 unspecified atom stereocenters. The largest absolute Gasteiger partial charge is 0.470 e. The molecule has 0 amide bonds. The van der Waals surface area contributed by atoms with E-state index in [0.29, 0.717) is 38.2 Å². The number of rotatable bonds is 4. The molecule has 0 bridgehead atoms. The number of ether oxygens (including phenoxy) is 1. The molecular weight excluding hydrogens is 343 g/mol. The summed E-state index contributed by atoms with van der Waals surface area (Å²) in [7, 11) is 1.27. The molecule has 0 aliphatic carbocycles. The van der Waals surface area contributed by atoms with E-state index < -0.39 is 18.0 Å². The Hall–Kier alpha value is -2.36. The number of furan rings is 1. The van der Waals surface area contributed by atoms with E-state index in [4.69, 9.17) is 8.83 Å². The number of aromatic nitrogens is 2. The van der Waals surface area contributed by atoms with Crippen molar-refractivity contribution in [2.75, 3.05) is 20.2 Å². The molecule has 0 atom stereocenters. The van der Waals surface area contributed by atoms with Gasteiger partial charge in [-0.1, -0.05) is 0 Å². The molecule has 1 fully saturated rings. The third-order valence-corrected chi connectivity index (χ3v) is 4.05. The number of nitrogens with zero attached hydrogens (tertiary/aromatic N) is 3. The Morgan fingerprint density at radius 2 is 2.00 bits per heavy atom. The Morgan fingerprint density at radius 3 is 2.60 bits per heavy atom. The summed E-state index contributed by atoms with van der Waals surface area (Å²) >= 11 is 0. The van der Waals surface area contributed by atoms with Crippen molar-refractivity contribution in [1.82, 2.24) is 15.1 Å². The van der Waals surface area contributed by atoms with E-state index in [0.717, 1.165) is 0 Å². The average Bonchev–Trinajstić information content (AvgIpc) is 3.24. The van der Waals surface area contributed by atoms with Crippen LogP contribution in [0.15, 0.2) is 21.0 Å². The Kier molecular flexibility index (Phi) is 4.80. The molecule has 0 saturated carbocycles. The lowest BCUT2D eigenvalue weighted by molar-refractivity contribution is -0.157. The number of piperidine rings is 1. The van der Waals surface area contributed by atoms with E-state index in [1.165, 1.54) is 7.11 Å². The molecule has 0 radical (unpaired) electrons. The molecule has 7 nitrogen and oxygen atoms in total. The second kappa shape index (κ2) is 6.87. The SMILES string of the molecule is COC(=O)c1ccc(CN2CCC(c3nnc(C(F)(F)F)o3)CC2)o1. The van der Waals surface area contributed by atoms with E-state index >= 15 is 0 Å². The van der Waals surface area contributed by atoms with Gasteiger partial charge in [-0.2, -0.15) is 13.2 Å². The molecule has 2 aromatic heterocycles. The minimum Gasteiger partial charge on any atom is -0.463 e. The van der Waals surface area contributed by atoms with Gasteiger partial charge in [-0.15, -0.1) is 10.2 Å². The highest BCUT2D eigenvalue weighted by atomic mass is 19.4. The molecule has 1 aliphatic heterocycles. The highest BCUT2D eigenvalue weighted by Crippen LogP contribution is 2.32. The predicted molar refractivity (Wildman–Crippen MR) is 76.6 cm³/mol. The number of hydrogen-bond donors (Lipinski definition) is 0. The zero-order valence-corrected chi connectivity index (χ0v) is 13.4. The van der Waals surface area contributed by atoms with Crippen LogP contribution in [-0.2, 0) is 17.5 Å². The molecule has 1 aliphatic rings. The highest BCUT2D eigenvalue weighted by molar-refractivity contribution is 5.86. The smallest absolute Gasteiger partial charge is 0.463 e. The third kappa shape index (κ3) is 4.01. The normalized spacial score (nSPS) is 17.0. The fraction of sp³-hybridized carbons (Fsp3) is 0.533. The summed E-state index contributed by atoms with van der Waals surface area (Å²) < 4.78 is 52.3. The fourth-order valence-corrected chi connectivity index (χ4v) is 2.75. The molecule has 0 N–H and O–H groups in total. The lowest BCUT2D eigenvalue weighted by atomic mass is 9.97. The zero-order valence-electron chi connectivity index (χ0n) is 13.4. The van der Waals surface area contributed by atoms with Gasteiger partial charge < -0.3 is 13.6 Å². The summed E-state index contributed by atoms with van der Waals surface area (Å²) in [5.41, 5.74) is 0. The van der Waals surface area contributed by atoms with Crippen LogP contribution < -0.4 is 0 Å². The number of carbonyl (C=O) groups excluding carboxylic acids is 1.